The van der Waals surface area contributed by atoms with Gasteiger partial charge >= 0.3 is 5.97 Å². The number of H-pyrrole nitrogens is 1. The number of aromatic nitrogens is 1. The van der Waals surface area contributed by atoms with Crippen molar-refractivity contribution in [3.05, 3.63) is 142 Å². The van der Waals surface area contributed by atoms with Crippen molar-refractivity contribution < 1.29 is 24.0 Å². The van der Waals surface area contributed by atoms with E-state index in [1.165, 1.54) is 36.4 Å². The van der Waals surface area contributed by atoms with E-state index in [9.17, 15) is 24.5 Å². The van der Waals surface area contributed by atoms with Crippen molar-refractivity contribution in [2.24, 2.45) is 0 Å². The SMILES string of the molecule is O=C(NC(Cc1c[nH]c2ccccc12)C(=O)OCc1ccccc1)c1ccccc1NC(=O)c1ccccc1[N+](=O)[O-]. The van der Waals surface area contributed by atoms with Gasteiger partial charge < -0.3 is 20.4 Å². The second kappa shape index (κ2) is 12.6. The molecule has 10 nitrogen and oxygen atoms in total. The van der Waals surface area contributed by atoms with E-state index in [-0.39, 0.29) is 35.5 Å². The maximum atomic E-state index is 13.6. The van der Waals surface area contributed by atoms with E-state index in [1.807, 2.05) is 54.6 Å². The first-order chi connectivity index (χ1) is 20.4. The summed E-state index contributed by atoms with van der Waals surface area (Å²) in [7, 11) is 0. The fourth-order valence-corrected chi connectivity index (χ4v) is 4.58. The zero-order valence-corrected chi connectivity index (χ0v) is 22.3. The standard InChI is InChI=1S/C32H26N4O6/c37-30(24-13-5-8-16-27(24)34-31(38)25-14-6-9-17-29(25)36(40)41)35-28(32(39)42-20-21-10-2-1-3-11-21)18-22-19-33-26-15-7-4-12-23(22)26/h1-17,19,28,33H,18,20H2,(H,34,38)(H,35,37). The van der Waals surface area contributed by atoms with Crippen LogP contribution in [-0.2, 0) is 22.6 Å². The molecule has 10 heteroatoms. The normalized spacial score (nSPS) is 11.4. The molecule has 210 valence electrons. The summed E-state index contributed by atoms with van der Waals surface area (Å²) in [4.78, 5) is 53.8. The van der Waals surface area contributed by atoms with Crippen LogP contribution in [0.4, 0.5) is 11.4 Å². The van der Waals surface area contributed by atoms with Crippen LogP contribution in [0.3, 0.4) is 0 Å². The van der Waals surface area contributed by atoms with Gasteiger partial charge in [-0.1, -0.05) is 72.8 Å². The number of anilines is 1. The van der Waals surface area contributed by atoms with Crippen LogP contribution in [0.15, 0.2) is 109 Å². The first-order valence-corrected chi connectivity index (χ1v) is 13.1. The van der Waals surface area contributed by atoms with Crippen LogP contribution in [0.2, 0.25) is 0 Å². The number of fused-ring (bicyclic) bond motifs is 1. The van der Waals surface area contributed by atoms with Crippen molar-refractivity contribution in [1.29, 1.82) is 0 Å². The zero-order chi connectivity index (χ0) is 29.5. The van der Waals surface area contributed by atoms with Crippen molar-refractivity contribution >= 4 is 40.1 Å². The Bertz CT molecular complexity index is 1770. The molecule has 42 heavy (non-hydrogen) atoms. The summed E-state index contributed by atoms with van der Waals surface area (Å²) in [6, 6.07) is 27.5. The average molecular weight is 563 g/mol. The summed E-state index contributed by atoms with van der Waals surface area (Å²) in [5, 5.41) is 17.7. The van der Waals surface area contributed by atoms with E-state index in [0.717, 1.165) is 22.0 Å². The number of nitro benzene ring substituents is 1. The molecule has 0 bridgehead atoms. The van der Waals surface area contributed by atoms with Gasteiger partial charge in [-0.05, 0) is 35.4 Å². The van der Waals surface area contributed by atoms with Gasteiger partial charge in [-0.3, -0.25) is 19.7 Å². The first kappa shape index (κ1) is 27.8. The number of ether oxygens (including phenoxy) is 1. The molecular formula is C32H26N4O6. The lowest BCUT2D eigenvalue weighted by atomic mass is 10.0. The second-order valence-electron chi connectivity index (χ2n) is 9.46. The largest absolute Gasteiger partial charge is 0.459 e. The van der Waals surface area contributed by atoms with Gasteiger partial charge in [0.1, 0.15) is 18.2 Å². The van der Waals surface area contributed by atoms with Crippen molar-refractivity contribution in [3.8, 4) is 0 Å². The molecule has 1 unspecified atom stereocenters. The molecule has 0 saturated heterocycles. The van der Waals surface area contributed by atoms with Gasteiger partial charge in [-0.15, -0.1) is 0 Å². The molecule has 2 amide bonds. The zero-order valence-electron chi connectivity index (χ0n) is 22.3. The fraction of sp³-hybridized carbons (Fsp3) is 0.0938. The van der Waals surface area contributed by atoms with Crippen molar-refractivity contribution in [2.45, 2.75) is 19.1 Å². The molecular weight excluding hydrogens is 536 g/mol. The lowest BCUT2D eigenvalue weighted by molar-refractivity contribution is -0.385. The van der Waals surface area contributed by atoms with Crippen LogP contribution in [-0.4, -0.2) is 33.7 Å². The minimum absolute atomic E-state index is 0.0302. The summed E-state index contributed by atoms with van der Waals surface area (Å²) in [5.74, 6) is -2.01. The van der Waals surface area contributed by atoms with E-state index in [4.69, 9.17) is 4.74 Å². The number of carbonyl (C=O) groups excluding carboxylic acids is 3. The van der Waals surface area contributed by atoms with Gasteiger partial charge in [-0.2, -0.15) is 0 Å². The average Bonchev–Trinajstić information content (AvgIpc) is 3.43. The second-order valence-corrected chi connectivity index (χ2v) is 9.46. The third-order valence-electron chi connectivity index (χ3n) is 6.68. The fourth-order valence-electron chi connectivity index (χ4n) is 4.58. The number of nitrogens with zero attached hydrogens (tertiary/aromatic N) is 1. The lowest BCUT2D eigenvalue weighted by Gasteiger charge is -2.19. The Balaban J connectivity index is 1.39. The Hall–Kier alpha value is -5.77. The summed E-state index contributed by atoms with van der Waals surface area (Å²) < 4.78 is 5.58. The van der Waals surface area contributed by atoms with Crippen LogP contribution < -0.4 is 10.6 Å². The molecule has 1 aromatic heterocycles. The monoisotopic (exact) mass is 562 g/mol. The Kier molecular flexibility index (Phi) is 8.34. The Morgan fingerprint density at radius 1 is 0.810 bits per heavy atom. The van der Waals surface area contributed by atoms with Crippen LogP contribution in [0.1, 0.15) is 31.8 Å². The number of carbonyl (C=O) groups is 3. The van der Waals surface area contributed by atoms with Gasteiger partial charge in [0, 0.05) is 29.6 Å². The number of aromatic amines is 1. The molecule has 5 aromatic rings. The Labute approximate surface area is 240 Å². The molecule has 0 spiro atoms. The molecule has 0 aliphatic rings. The van der Waals surface area contributed by atoms with Crippen LogP contribution in [0, 0.1) is 10.1 Å². The number of amides is 2. The van der Waals surface area contributed by atoms with Crippen molar-refractivity contribution in [3.63, 3.8) is 0 Å². The Morgan fingerprint density at radius 2 is 1.48 bits per heavy atom. The summed E-state index contributed by atoms with van der Waals surface area (Å²) in [6.07, 6.45) is 1.93. The topological polar surface area (TPSA) is 143 Å². The van der Waals surface area contributed by atoms with Gasteiger partial charge in [0.25, 0.3) is 17.5 Å². The molecule has 1 heterocycles. The van der Waals surface area contributed by atoms with E-state index in [1.54, 1.807) is 18.3 Å². The van der Waals surface area contributed by atoms with Crippen LogP contribution in [0.25, 0.3) is 10.9 Å². The number of para-hydroxylation sites is 3. The molecule has 4 aromatic carbocycles. The highest BCUT2D eigenvalue weighted by Gasteiger charge is 2.27. The number of nitro groups is 1. The highest BCUT2D eigenvalue weighted by Crippen LogP contribution is 2.23. The van der Waals surface area contributed by atoms with Gasteiger partial charge in [0.15, 0.2) is 0 Å². The van der Waals surface area contributed by atoms with Crippen molar-refractivity contribution in [2.75, 3.05) is 5.32 Å². The highest BCUT2D eigenvalue weighted by molar-refractivity contribution is 6.11. The van der Waals surface area contributed by atoms with Gasteiger partial charge in [0.05, 0.1) is 16.2 Å². The summed E-state index contributed by atoms with van der Waals surface area (Å²) in [6.45, 7) is 0.0302. The molecule has 3 N–H and O–H groups in total. The van der Waals surface area contributed by atoms with E-state index in [0.29, 0.717) is 0 Å². The number of nitrogens with one attached hydrogen (secondary N) is 3. The van der Waals surface area contributed by atoms with E-state index >= 15 is 0 Å². The quantitative estimate of drug-likeness (QED) is 0.118. The van der Waals surface area contributed by atoms with Gasteiger partial charge in [0.2, 0.25) is 0 Å². The number of benzene rings is 4. The number of hydrogen-bond donors (Lipinski definition) is 3. The summed E-state index contributed by atoms with van der Waals surface area (Å²) >= 11 is 0. The minimum atomic E-state index is -1.06. The number of esters is 1. The molecule has 1 atom stereocenters. The molecule has 0 aliphatic carbocycles. The molecule has 0 aliphatic heterocycles. The predicted molar refractivity (Wildman–Crippen MR) is 157 cm³/mol. The predicted octanol–water partition coefficient (Wildman–Crippen LogP) is 5.41. The third kappa shape index (κ3) is 6.34. The van der Waals surface area contributed by atoms with Crippen LogP contribution in [0.5, 0.6) is 0 Å². The summed E-state index contributed by atoms with van der Waals surface area (Å²) in [5.41, 5.74) is 2.18. The molecule has 5 rings (SSSR count). The molecule has 0 radical (unpaired) electrons. The maximum Gasteiger partial charge on any atom is 0.329 e. The number of rotatable bonds is 10. The smallest absolute Gasteiger partial charge is 0.329 e. The third-order valence-corrected chi connectivity index (χ3v) is 6.68. The van der Waals surface area contributed by atoms with Gasteiger partial charge in [-0.25, -0.2) is 4.79 Å². The van der Waals surface area contributed by atoms with E-state index < -0.39 is 28.7 Å². The Morgan fingerprint density at radius 3 is 2.26 bits per heavy atom. The minimum Gasteiger partial charge on any atom is -0.459 e. The van der Waals surface area contributed by atoms with Crippen LogP contribution >= 0.6 is 0 Å². The number of hydrogen-bond acceptors (Lipinski definition) is 6. The lowest BCUT2D eigenvalue weighted by Crippen LogP contribution is -2.43. The highest BCUT2D eigenvalue weighted by atomic mass is 16.6. The molecule has 0 fully saturated rings. The van der Waals surface area contributed by atoms with E-state index in [2.05, 4.69) is 15.6 Å². The van der Waals surface area contributed by atoms with Crippen molar-refractivity contribution in [1.82, 2.24) is 10.3 Å². The molecule has 0 saturated carbocycles. The first-order valence-electron chi connectivity index (χ1n) is 13.1. The maximum absolute atomic E-state index is 13.6.